The Hall–Kier alpha value is -3.48. The molecule has 1 aliphatic heterocycles. The van der Waals surface area contributed by atoms with Crippen LogP contribution in [0.3, 0.4) is 0 Å². The summed E-state index contributed by atoms with van der Waals surface area (Å²) in [6.07, 6.45) is 9.26. The van der Waals surface area contributed by atoms with Gasteiger partial charge in [0.05, 0.1) is 4.91 Å². The van der Waals surface area contributed by atoms with Crippen molar-refractivity contribution in [3.8, 4) is 0 Å². The van der Waals surface area contributed by atoms with Crippen molar-refractivity contribution in [2.45, 2.75) is 49.9 Å². The SMILES string of the molecule is O=C(NCCc1c[nH]c2ccccc12)c1ccc(/C=C2/SC3CCCCC3N(Cc3cccc(Cl)c3)C2=O)cc1. The van der Waals surface area contributed by atoms with Crippen molar-refractivity contribution in [2.75, 3.05) is 6.54 Å². The van der Waals surface area contributed by atoms with Crippen LogP contribution in [-0.4, -0.2) is 39.5 Å². The fourth-order valence-electron chi connectivity index (χ4n) is 5.83. The molecule has 40 heavy (non-hydrogen) atoms. The van der Waals surface area contributed by atoms with E-state index in [1.54, 1.807) is 11.8 Å². The number of rotatable bonds is 7. The highest BCUT2D eigenvalue weighted by Gasteiger charge is 2.40. The quantitative estimate of drug-likeness (QED) is 0.231. The second-order valence-corrected chi connectivity index (χ2v) is 12.3. The van der Waals surface area contributed by atoms with Crippen LogP contribution in [0.2, 0.25) is 5.02 Å². The number of aromatic amines is 1. The molecule has 2 unspecified atom stereocenters. The molecule has 5 nitrogen and oxygen atoms in total. The number of H-pyrrole nitrogens is 1. The Morgan fingerprint density at radius 3 is 2.73 bits per heavy atom. The van der Waals surface area contributed by atoms with Gasteiger partial charge in [-0.05, 0) is 72.4 Å². The molecule has 7 heteroatoms. The van der Waals surface area contributed by atoms with Crippen molar-refractivity contribution in [1.82, 2.24) is 15.2 Å². The highest BCUT2D eigenvalue weighted by molar-refractivity contribution is 8.04. The Morgan fingerprint density at radius 2 is 1.88 bits per heavy atom. The first-order valence-electron chi connectivity index (χ1n) is 13.9. The van der Waals surface area contributed by atoms with Gasteiger partial charge in [0.15, 0.2) is 0 Å². The molecule has 2 fully saturated rings. The van der Waals surface area contributed by atoms with E-state index in [9.17, 15) is 9.59 Å². The van der Waals surface area contributed by atoms with Crippen LogP contribution in [0, 0.1) is 0 Å². The van der Waals surface area contributed by atoms with Crippen molar-refractivity contribution >= 4 is 52.2 Å². The summed E-state index contributed by atoms with van der Waals surface area (Å²) in [4.78, 5) is 32.6. The van der Waals surface area contributed by atoms with Gasteiger partial charge in [0.25, 0.3) is 11.8 Å². The minimum Gasteiger partial charge on any atom is -0.361 e. The normalized spacial score (nSPS) is 20.1. The number of para-hydroxylation sites is 1. The smallest absolute Gasteiger partial charge is 0.260 e. The average Bonchev–Trinajstić information content (AvgIpc) is 3.38. The van der Waals surface area contributed by atoms with E-state index in [4.69, 9.17) is 11.6 Å². The molecule has 204 valence electrons. The van der Waals surface area contributed by atoms with Gasteiger partial charge in [-0.15, -0.1) is 11.8 Å². The summed E-state index contributed by atoms with van der Waals surface area (Å²) in [6.45, 7) is 1.12. The monoisotopic (exact) mass is 569 g/mol. The zero-order chi connectivity index (χ0) is 27.5. The molecular weight excluding hydrogens is 538 g/mol. The first-order chi connectivity index (χ1) is 19.5. The molecule has 2 aliphatic rings. The zero-order valence-corrected chi connectivity index (χ0v) is 23.8. The van der Waals surface area contributed by atoms with Gasteiger partial charge < -0.3 is 15.2 Å². The lowest BCUT2D eigenvalue weighted by Gasteiger charge is -2.44. The molecule has 2 amide bonds. The predicted molar refractivity (Wildman–Crippen MR) is 164 cm³/mol. The predicted octanol–water partition coefficient (Wildman–Crippen LogP) is 7.22. The molecule has 4 aromatic rings. The summed E-state index contributed by atoms with van der Waals surface area (Å²) >= 11 is 7.95. The third kappa shape index (κ3) is 5.84. The number of thioether (sulfide) groups is 1. The topological polar surface area (TPSA) is 65.2 Å². The summed E-state index contributed by atoms with van der Waals surface area (Å²) in [5.41, 5.74) is 4.88. The first kappa shape index (κ1) is 26.7. The summed E-state index contributed by atoms with van der Waals surface area (Å²) in [6, 6.07) is 23.7. The second-order valence-electron chi connectivity index (χ2n) is 10.6. The van der Waals surface area contributed by atoms with Crippen molar-refractivity contribution in [3.05, 3.63) is 111 Å². The number of hydrogen-bond acceptors (Lipinski definition) is 3. The molecule has 0 bridgehead atoms. The highest BCUT2D eigenvalue weighted by atomic mass is 35.5. The number of carbonyl (C=O) groups is 2. The van der Waals surface area contributed by atoms with Gasteiger partial charge in [0.1, 0.15) is 0 Å². The molecule has 1 aromatic heterocycles. The zero-order valence-electron chi connectivity index (χ0n) is 22.2. The van der Waals surface area contributed by atoms with E-state index in [0.29, 0.717) is 28.9 Å². The fourth-order valence-corrected chi connectivity index (χ4v) is 7.51. The van der Waals surface area contributed by atoms with Gasteiger partial charge in [-0.3, -0.25) is 9.59 Å². The Labute approximate surface area is 244 Å². The van der Waals surface area contributed by atoms with Gasteiger partial charge in [0, 0.05) is 52.1 Å². The molecule has 0 spiro atoms. The molecule has 2 N–H and O–H groups in total. The van der Waals surface area contributed by atoms with Crippen LogP contribution < -0.4 is 5.32 Å². The maximum Gasteiger partial charge on any atom is 0.260 e. The van der Waals surface area contributed by atoms with Crippen molar-refractivity contribution < 1.29 is 9.59 Å². The van der Waals surface area contributed by atoms with Crippen LogP contribution in [0.25, 0.3) is 17.0 Å². The number of hydrogen-bond donors (Lipinski definition) is 2. The molecule has 1 saturated heterocycles. The summed E-state index contributed by atoms with van der Waals surface area (Å²) in [5, 5.41) is 5.31. The van der Waals surface area contributed by atoms with Gasteiger partial charge >= 0.3 is 0 Å². The van der Waals surface area contributed by atoms with E-state index in [1.807, 2.05) is 77.8 Å². The molecule has 3 aromatic carbocycles. The molecule has 2 atom stereocenters. The average molecular weight is 570 g/mol. The van der Waals surface area contributed by atoms with Crippen LogP contribution in [0.5, 0.6) is 0 Å². The Kier molecular flexibility index (Phi) is 7.98. The summed E-state index contributed by atoms with van der Waals surface area (Å²) in [7, 11) is 0. The Balaban J connectivity index is 1.12. The minimum atomic E-state index is -0.0973. The number of carbonyl (C=O) groups excluding carboxylic acids is 2. The van der Waals surface area contributed by atoms with Gasteiger partial charge in [0.2, 0.25) is 0 Å². The lowest BCUT2D eigenvalue weighted by Crippen LogP contribution is -2.50. The van der Waals surface area contributed by atoms with E-state index in [0.717, 1.165) is 47.2 Å². The number of halogens is 1. The molecule has 1 saturated carbocycles. The maximum absolute atomic E-state index is 13.7. The summed E-state index contributed by atoms with van der Waals surface area (Å²) in [5.74, 6) is -0.0212. The maximum atomic E-state index is 13.7. The van der Waals surface area contributed by atoms with Crippen LogP contribution >= 0.6 is 23.4 Å². The number of amides is 2. The lowest BCUT2D eigenvalue weighted by molar-refractivity contribution is -0.130. The van der Waals surface area contributed by atoms with Gasteiger partial charge in [-0.2, -0.15) is 0 Å². The molecule has 1 aliphatic carbocycles. The second kappa shape index (κ2) is 11.9. The van der Waals surface area contributed by atoms with Crippen molar-refractivity contribution in [3.63, 3.8) is 0 Å². The Morgan fingerprint density at radius 1 is 1.05 bits per heavy atom. The third-order valence-corrected chi connectivity index (χ3v) is 9.52. The van der Waals surface area contributed by atoms with E-state index < -0.39 is 0 Å². The third-order valence-electron chi connectivity index (χ3n) is 7.89. The van der Waals surface area contributed by atoms with Crippen LogP contribution in [0.15, 0.2) is 83.9 Å². The minimum absolute atomic E-state index is 0.0761. The molecule has 6 rings (SSSR count). The first-order valence-corrected chi connectivity index (χ1v) is 15.2. The fraction of sp³-hybridized carbons (Fsp3) is 0.273. The van der Waals surface area contributed by atoms with E-state index in [2.05, 4.69) is 22.4 Å². The van der Waals surface area contributed by atoms with E-state index in [1.165, 1.54) is 17.4 Å². The van der Waals surface area contributed by atoms with Crippen molar-refractivity contribution in [2.24, 2.45) is 0 Å². The highest BCUT2D eigenvalue weighted by Crippen LogP contribution is 2.42. The summed E-state index contributed by atoms with van der Waals surface area (Å²) < 4.78 is 0. The van der Waals surface area contributed by atoms with E-state index >= 15 is 0 Å². The number of nitrogens with zero attached hydrogens (tertiary/aromatic N) is 1. The van der Waals surface area contributed by atoms with Crippen LogP contribution in [0.4, 0.5) is 0 Å². The standard InChI is InChI=1S/C33H32ClN3O2S/c34-26-7-5-6-23(18-26)21-37-29-10-3-4-11-30(29)40-31(33(37)39)19-22-12-14-24(15-13-22)32(38)35-17-16-25-20-36-28-9-2-1-8-27(25)28/h1-2,5-9,12-15,18-20,29-30,36H,3-4,10-11,16-17,21H2,(H,35,38)/b31-19+. The van der Waals surface area contributed by atoms with Gasteiger partial charge in [-0.1, -0.05) is 66.9 Å². The van der Waals surface area contributed by atoms with Crippen molar-refractivity contribution in [1.29, 1.82) is 0 Å². The largest absolute Gasteiger partial charge is 0.361 e. The Bertz CT molecular complexity index is 1560. The van der Waals surface area contributed by atoms with Crippen LogP contribution in [0.1, 0.15) is 52.7 Å². The molecule has 2 heterocycles. The number of benzene rings is 3. The number of fused-ring (bicyclic) bond motifs is 2. The molecule has 0 radical (unpaired) electrons. The van der Waals surface area contributed by atoms with E-state index in [-0.39, 0.29) is 17.9 Å². The lowest BCUT2D eigenvalue weighted by atomic mass is 9.92. The number of nitrogens with one attached hydrogen (secondary N) is 2. The van der Waals surface area contributed by atoms with Gasteiger partial charge in [-0.25, -0.2) is 0 Å². The molecular formula is C33H32ClN3O2S. The van der Waals surface area contributed by atoms with Crippen LogP contribution in [-0.2, 0) is 17.8 Å². The number of aromatic nitrogens is 1.